The van der Waals surface area contributed by atoms with E-state index < -0.39 is 11.3 Å². The largest absolute Gasteiger partial charge is 0.493 e. The lowest BCUT2D eigenvalue weighted by atomic mass is 10.1. The molecular formula is C35H40N8O6S3. The van der Waals surface area contributed by atoms with Crippen molar-refractivity contribution >= 4 is 85.4 Å². The van der Waals surface area contributed by atoms with E-state index in [-0.39, 0.29) is 59.7 Å². The van der Waals surface area contributed by atoms with Gasteiger partial charge in [0, 0.05) is 55.3 Å². The molecule has 0 radical (unpaired) electrons. The second-order valence-corrected chi connectivity index (χ2v) is 17.1. The van der Waals surface area contributed by atoms with Gasteiger partial charge in [0.05, 0.1) is 37.6 Å². The third-order valence-electron chi connectivity index (χ3n) is 8.41. The second-order valence-electron chi connectivity index (χ2n) is 12.9. The van der Waals surface area contributed by atoms with Gasteiger partial charge in [0.1, 0.15) is 5.37 Å². The maximum Gasteiger partial charge on any atom is 0.288 e. The lowest BCUT2D eigenvalue weighted by molar-refractivity contribution is -0.116. The van der Waals surface area contributed by atoms with Crippen molar-refractivity contribution in [3.63, 3.8) is 0 Å². The van der Waals surface area contributed by atoms with Gasteiger partial charge in [-0.1, -0.05) is 51.5 Å². The van der Waals surface area contributed by atoms with Crippen molar-refractivity contribution in [3.8, 4) is 11.5 Å². The number of amides is 4. The van der Waals surface area contributed by atoms with Gasteiger partial charge in [0.25, 0.3) is 17.7 Å². The van der Waals surface area contributed by atoms with Crippen LogP contribution in [0.2, 0.25) is 0 Å². The number of aliphatic imine (C=N–C) groups is 2. The number of aromatic nitrogens is 2. The van der Waals surface area contributed by atoms with Crippen LogP contribution in [0.15, 0.2) is 52.6 Å². The summed E-state index contributed by atoms with van der Waals surface area (Å²) in [5.74, 6) is -0.0144. The number of aryl methyl sites for hydroxylation is 1. The predicted molar refractivity (Wildman–Crippen MR) is 208 cm³/mol. The number of anilines is 2. The average molecular weight is 765 g/mol. The van der Waals surface area contributed by atoms with E-state index in [2.05, 4.69) is 44.8 Å². The summed E-state index contributed by atoms with van der Waals surface area (Å²) in [5.41, 5.74) is 2.90. The summed E-state index contributed by atoms with van der Waals surface area (Å²) >= 11 is 1.19. The van der Waals surface area contributed by atoms with Gasteiger partial charge in [0.15, 0.2) is 22.4 Å². The van der Waals surface area contributed by atoms with Gasteiger partial charge in [0.2, 0.25) is 11.7 Å². The number of thioether (sulfide) groups is 1. The van der Waals surface area contributed by atoms with Crippen molar-refractivity contribution in [2.75, 3.05) is 43.3 Å². The van der Waals surface area contributed by atoms with Crippen LogP contribution in [-0.2, 0) is 23.1 Å². The molecule has 0 bridgehead atoms. The van der Waals surface area contributed by atoms with Gasteiger partial charge in [-0.05, 0) is 44.2 Å². The van der Waals surface area contributed by atoms with Crippen molar-refractivity contribution in [1.29, 1.82) is 0 Å². The van der Waals surface area contributed by atoms with Gasteiger partial charge >= 0.3 is 0 Å². The minimum absolute atomic E-state index is 0.106. The number of rotatable bonds is 14. The standard InChI is InChI=1S/C35H40N8O6S3/c1-35(2,52-50-5)19-38-32(46)33-37-17-29(51-33)41-31(45)30-40-27(18-42(30)3)39-28(44)11-8-12-49-26-15-23-22(14-25(26)48-4)34(47)43-21(16-36-23)13-20-9-6-7-10-24(20)43/h6-7,9-10,14-16,18,21,29H,8,11-13,17,19H2,1-5H3,(H,38,46)(H,39,44)(H,41,45)/t21-,29?/m0/s1. The van der Waals surface area contributed by atoms with Crippen LogP contribution in [0.1, 0.15) is 53.2 Å². The molecule has 0 saturated heterocycles. The highest BCUT2D eigenvalue weighted by molar-refractivity contribution is 8.77. The minimum Gasteiger partial charge on any atom is -0.493 e. The highest BCUT2D eigenvalue weighted by Crippen LogP contribution is 2.41. The van der Waals surface area contributed by atoms with Crippen LogP contribution in [0.4, 0.5) is 17.2 Å². The zero-order valence-corrected chi connectivity index (χ0v) is 31.9. The first-order valence-corrected chi connectivity index (χ1v) is 20.1. The third-order valence-corrected chi connectivity index (χ3v) is 12.1. The maximum atomic E-state index is 13.6. The first-order chi connectivity index (χ1) is 25.0. The zero-order valence-electron chi connectivity index (χ0n) is 29.4. The van der Waals surface area contributed by atoms with Crippen molar-refractivity contribution in [3.05, 3.63) is 59.5 Å². The van der Waals surface area contributed by atoms with E-state index in [1.165, 1.54) is 23.4 Å². The molecule has 3 aliphatic rings. The van der Waals surface area contributed by atoms with E-state index in [0.717, 1.165) is 11.3 Å². The Balaban J connectivity index is 0.968. The van der Waals surface area contributed by atoms with Crippen LogP contribution in [0, 0.1) is 0 Å². The van der Waals surface area contributed by atoms with Gasteiger partial charge in [-0.15, -0.1) is 0 Å². The number of imidazole rings is 1. The Labute approximate surface area is 313 Å². The smallest absolute Gasteiger partial charge is 0.288 e. The normalized spacial score (nSPS) is 17.4. The summed E-state index contributed by atoms with van der Waals surface area (Å²) in [6.07, 6.45) is 6.55. The Morgan fingerprint density at radius 3 is 2.73 bits per heavy atom. The Morgan fingerprint density at radius 1 is 1.13 bits per heavy atom. The van der Waals surface area contributed by atoms with Crippen molar-refractivity contribution in [1.82, 2.24) is 20.2 Å². The molecule has 2 aromatic carbocycles. The first kappa shape index (κ1) is 37.3. The van der Waals surface area contributed by atoms with E-state index in [1.807, 2.05) is 30.5 Å². The summed E-state index contributed by atoms with van der Waals surface area (Å²) in [7, 11) is 6.49. The molecule has 274 valence electrons. The van der Waals surface area contributed by atoms with Crippen LogP contribution < -0.4 is 30.3 Å². The number of carbonyl (C=O) groups excluding carboxylic acids is 4. The number of nitrogens with zero attached hydrogens (tertiary/aromatic N) is 5. The van der Waals surface area contributed by atoms with E-state index in [0.29, 0.717) is 47.2 Å². The van der Waals surface area contributed by atoms with Crippen LogP contribution in [0.3, 0.4) is 0 Å². The predicted octanol–water partition coefficient (Wildman–Crippen LogP) is 4.62. The van der Waals surface area contributed by atoms with E-state index in [1.54, 1.807) is 58.1 Å². The summed E-state index contributed by atoms with van der Waals surface area (Å²) < 4.78 is 12.9. The fraction of sp³-hybridized carbons (Fsp3) is 0.400. The van der Waals surface area contributed by atoms with Crippen LogP contribution in [0.25, 0.3) is 0 Å². The van der Waals surface area contributed by atoms with Crippen molar-refractivity contribution in [2.45, 2.75) is 49.3 Å². The quantitative estimate of drug-likeness (QED) is 0.156. The molecule has 14 nitrogen and oxygen atoms in total. The van der Waals surface area contributed by atoms with E-state index in [9.17, 15) is 19.2 Å². The lowest BCUT2D eigenvalue weighted by Crippen LogP contribution is -2.39. The Kier molecular flexibility index (Phi) is 11.5. The molecule has 17 heteroatoms. The molecule has 4 amide bonds. The first-order valence-electron chi connectivity index (χ1n) is 16.6. The van der Waals surface area contributed by atoms with Crippen molar-refractivity contribution in [2.24, 2.45) is 17.0 Å². The SMILES string of the molecule is COc1cc2c(cc1OCCCC(=O)Nc1cn(C)c(C(=O)NC3CN=C(C(=O)NCC(C)(C)SSC)S3)n1)N=C[C@@H]1Cc3ccccc3N1C2=O. The fourth-order valence-electron chi connectivity index (χ4n) is 5.96. The number of ether oxygens (including phenoxy) is 2. The van der Waals surface area contributed by atoms with Crippen LogP contribution >= 0.6 is 33.3 Å². The number of hydrogen-bond acceptors (Lipinski definition) is 12. The molecule has 3 N–H and O–H groups in total. The number of methoxy groups -OCH3 is 1. The van der Waals surface area contributed by atoms with Gasteiger partial charge in [-0.25, -0.2) is 4.98 Å². The molecule has 3 aliphatic heterocycles. The van der Waals surface area contributed by atoms with E-state index >= 15 is 0 Å². The van der Waals surface area contributed by atoms with Gasteiger partial charge in [-0.2, -0.15) is 0 Å². The molecule has 0 aliphatic carbocycles. The van der Waals surface area contributed by atoms with Crippen LogP contribution in [-0.4, -0.2) is 93.7 Å². The molecule has 4 heterocycles. The molecular weight excluding hydrogens is 725 g/mol. The van der Waals surface area contributed by atoms with Crippen LogP contribution in [0.5, 0.6) is 11.5 Å². The molecule has 1 aromatic heterocycles. The van der Waals surface area contributed by atoms with E-state index in [4.69, 9.17) is 9.47 Å². The summed E-state index contributed by atoms with van der Waals surface area (Å²) in [5, 5.41) is 8.41. The molecule has 0 saturated carbocycles. The lowest BCUT2D eigenvalue weighted by Gasteiger charge is -2.22. The Bertz CT molecular complexity index is 1950. The highest BCUT2D eigenvalue weighted by atomic mass is 33.1. The molecule has 0 spiro atoms. The molecule has 1 unspecified atom stereocenters. The number of para-hydroxylation sites is 1. The van der Waals surface area contributed by atoms with Gasteiger partial charge < -0.3 is 30.0 Å². The zero-order chi connectivity index (χ0) is 37.0. The topological polar surface area (TPSA) is 169 Å². The molecule has 6 rings (SSSR count). The monoisotopic (exact) mass is 764 g/mol. The van der Waals surface area contributed by atoms with Gasteiger partial charge in [-0.3, -0.25) is 34.1 Å². The Hall–Kier alpha value is -4.48. The number of nitrogens with one attached hydrogen (secondary N) is 3. The maximum absolute atomic E-state index is 13.6. The molecule has 52 heavy (non-hydrogen) atoms. The molecule has 2 atom stereocenters. The average Bonchev–Trinajstić information content (AvgIpc) is 3.82. The highest BCUT2D eigenvalue weighted by Gasteiger charge is 2.36. The van der Waals surface area contributed by atoms with Crippen molar-refractivity contribution < 1.29 is 28.7 Å². The summed E-state index contributed by atoms with van der Waals surface area (Å²) in [6, 6.07) is 11.0. The number of benzene rings is 2. The molecule has 3 aromatic rings. The molecule has 0 fully saturated rings. The fourth-order valence-corrected chi connectivity index (χ4v) is 8.98. The summed E-state index contributed by atoms with van der Waals surface area (Å²) in [4.78, 5) is 67.0. The Morgan fingerprint density at radius 2 is 1.94 bits per heavy atom. The number of carbonyl (C=O) groups is 4. The number of fused-ring (bicyclic) bond motifs is 4. The minimum atomic E-state index is -0.450. The second kappa shape index (κ2) is 16.0. The number of hydrogen-bond donors (Lipinski definition) is 3. The third kappa shape index (κ3) is 8.42. The summed E-state index contributed by atoms with van der Waals surface area (Å²) in [6.45, 7) is 5.05.